The van der Waals surface area contributed by atoms with Crippen molar-refractivity contribution >= 4 is 5.78 Å². The van der Waals surface area contributed by atoms with E-state index in [0.29, 0.717) is 12.3 Å². The normalized spacial score (nSPS) is 27.8. The summed E-state index contributed by atoms with van der Waals surface area (Å²) in [6.07, 6.45) is 3.54. The molecule has 1 aromatic heterocycles. The Morgan fingerprint density at radius 1 is 1.33 bits per heavy atom. The number of Topliss-reactive ketones (excluding diaryl/α,β-unsaturated/α-hetero) is 1. The summed E-state index contributed by atoms with van der Waals surface area (Å²) in [6.45, 7) is 12.3. The molecule has 27 heavy (non-hydrogen) atoms. The van der Waals surface area contributed by atoms with Crippen LogP contribution in [0.5, 0.6) is 0 Å². The number of rotatable bonds is 7. The van der Waals surface area contributed by atoms with Gasteiger partial charge in [-0.1, -0.05) is 6.07 Å². The minimum absolute atomic E-state index is 0.0869. The zero-order valence-electron chi connectivity index (χ0n) is 16.9. The fourth-order valence-corrected chi connectivity index (χ4v) is 4.26. The van der Waals surface area contributed by atoms with E-state index < -0.39 is 5.54 Å². The van der Waals surface area contributed by atoms with Crippen LogP contribution < -0.4 is 0 Å². The van der Waals surface area contributed by atoms with Gasteiger partial charge in [0.2, 0.25) is 5.78 Å². The number of ketones is 1. The van der Waals surface area contributed by atoms with E-state index in [1.807, 2.05) is 18.2 Å². The van der Waals surface area contributed by atoms with Crippen molar-refractivity contribution in [3.05, 3.63) is 30.1 Å². The Morgan fingerprint density at radius 2 is 2.11 bits per heavy atom. The van der Waals surface area contributed by atoms with Crippen molar-refractivity contribution in [1.82, 2.24) is 14.8 Å². The number of pyridine rings is 1. The van der Waals surface area contributed by atoms with E-state index in [0.717, 1.165) is 52.2 Å². The number of nitrogens with zero attached hydrogens (tertiary/aromatic N) is 3. The van der Waals surface area contributed by atoms with Gasteiger partial charge >= 0.3 is 0 Å². The molecule has 6 nitrogen and oxygen atoms in total. The molecule has 2 saturated heterocycles. The molecule has 3 rings (SSSR count). The van der Waals surface area contributed by atoms with Gasteiger partial charge in [-0.05, 0) is 45.7 Å². The molecule has 2 aliphatic heterocycles. The largest absolute Gasteiger partial charge is 0.378 e. The smallest absolute Gasteiger partial charge is 0.201 e. The Balaban J connectivity index is 1.69. The highest BCUT2D eigenvalue weighted by molar-refractivity contribution is 6.01. The minimum atomic E-state index is -0.494. The summed E-state index contributed by atoms with van der Waals surface area (Å²) in [5.41, 5.74) is 0.0753. The molecule has 2 fully saturated rings. The van der Waals surface area contributed by atoms with E-state index in [2.05, 4.69) is 35.6 Å². The number of piperazine rings is 1. The van der Waals surface area contributed by atoms with Gasteiger partial charge in [-0.2, -0.15) is 0 Å². The van der Waals surface area contributed by atoms with Gasteiger partial charge in [0, 0.05) is 45.5 Å². The van der Waals surface area contributed by atoms with E-state index in [9.17, 15) is 4.79 Å². The summed E-state index contributed by atoms with van der Waals surface area (Å²) in [6, 6.07) is 5.58. The fraction of sp³-hybridized carbons (Fsp3) is 0.714. The second-order valence-electron chi connectivity index (χ2n) is 7.96. The molecule has 1 aromatic rings. The van der Waals surface area contributed by atoms with E-state index in [-0.39, 0.29) is 18.0 Å². The summed E-state index contributed by atoms with van der Waals surface area (Å²) in [4.78, 5) is 22.7. The van der Waals surface area contributed by atoms with Crippen molar-refractivity contribution in [3.8, 4) is 0 Å². The number of carbonyl (C=O) groups is 1. The first-order chi connectivity index (χ1) is 13.0. The summed E-state index contributed by atoms with van der Waals surface area (Å²) in [5.74, 6) is 0.148. The van der Waals surface area contributed by atoms with Gasteiger partial charge < -0.3 is 9.47 Å². The van der Waals surface area contributed by atoms with Crippen LogP contribution in [-0.4, -0.2) is 84.3 Å². The molecule has 6 heteroatoms. The van der Waals surface area contributed by atoms with Crippen LogP contribution in [0.25, 0.3) is 0 Å². The van der Waals surface area contributed by atoms with Gasteiger partial charge in [0.25, 0.3) is 0 Å². The Hall–Kier alpha value is -1.34. The van der Waals surface area contributed by atoms with Crippen LogP contribution in [0.2, 0.25) is 0 Å². The molecule has 0 spiro atoms. The lowest BCUT2D eigenvalue weighted by atomic mass is 9.79. The number of hydrogen-bond acceptors (Lipinski definition) is 6. The van der Waals surface area contributed by atoms with Crippen molar-refractivity contribution < 1.29 is 14.3 Å². The molecule has 0 bridgehead atoms. The van der Waals surface area contributed by atoms with Crippen LogP contribution in [0.4, 0.5) is 0 Å². The number of ether oxygens (including phenoxy) is 2. The van der Waals surface area contributed by atoms with Crippen LogP contribution in [0.3, 0.4) is 0 Å². The molecular weight excluding hydrogens is 342 g/mol. The Bertz CT molecular complexity index is 602. The number of hydrogen-bond donors (Lipinski definition) is 0. The highest BCUT2D eigenvalue weighted by Gasteiger charge is 2.48. The standard InChI is InChI=1S/C21H33N3O3/c1-17(2)26-15-13-23-9-11-24(12-10-23)21(7-14-27-18(3)16-21)20(25)19-6-4-5-8-22-19/h4-6,8,17-18H,7,9-16H2,1-3H3/t18-,21+/m1/s1. The molecule has 0 unspecified atom stereocenters. The van der Waals surface area contributed by atoms with Crippen molar-refractivity contribution in [2.45, 2.75) is 51.4 Å². The van der Waals surface area contributed by atoms with Crippen LogP contribution >= 0.6 is 0 Å². The molecule has 0 N–H and O–H groups in total. The molecule has 0 aromatic carbocycles. The van der Waals surface area contributed by atoms with E-state index in [1.54, 1.807) is 6.20 Å². The lowest BCUT2D eigenvalue weighted by molar-refractivity contribution is -0.0658. The first kappa shape index (κ1) is 20.4. The van der Waals surface area contributed by atoms with Gasteiger partial charge in [0.1, 0.15) is 5.69 Å². The molecule has 3 heterocycles. The zero-order chi connectivity index (χ0) is 19.3. The zero-order valence-corrected chi connectivity index (χ0v) is 16.9. The molecule has 0 amide bonds. The molecule has 150 valence electrons. The van der Waals surface area contributed by atoms with Gasteiger partial charge in [-0.25, -0.2) is 0 Å². The molecule has 2 atom stereocenters. The van der Waals surface area contributed by atoms with Gasteiger partial charge in [0.15, 0.2) is 0 Å². The summed E-state index contributed by atoms with van der Waals surface area (Å²) in [5, 5.41) is 0. The Morgan fingerprint density at radius 3 is 2.74 bits per heavy atom. The van der Waals surface area contributed by atoms with Gasteiger partial charge in [-0.3, -0.25) is 19.6 Å². The third kappa shape index (κ3) is 4.93. The summed E-state index contributed by atoms with van der Waals surface area (Å²) >= 11 is 0. The van der Waals surface area contributed by atoms with Crippen molar-refractivity contribution in [2.24, 2.45) is 0 Å². The molecule has 2 aliphatic rings. The average Bonchev–Trinajstić information content (AvgIpc) is 2.68. The van der Waals surface area contributed by atoms with Crippen molar-refractivity contribution in [1.29, 1.82) is 0 Å². The van der Waals surface area contributed by atoms with Gasteiger partial charge in [-0.15, -0.1) is 0 Å². The van der Waals surface area contributed by atoms with E-state index in [1.165, 1.54) is 0 Å². The third-order valence-corrected chi connectivity index (χ3v) is 5.70. The summed E-state index contributed by atoms with van der Waals surface area (Å²) in [7, 11) is 0. The first-order valence-corrected chi connectivity index (χ1v) is 10.2. The lowest BCUT2D eigenvalue weighted by Crippen LogP contribution is -2.63. The second-order valence-corrected chi connectivity index (χ2v) is 7.96. The molecular formula is C21H33N3O3. The second kappa shape index (κ2) is 9.24. The van der Waals surface area contributed by atoms with E-state index in [4.69, 9.17) is 9.47 Å². The Kier molecular flexibility index (Phi) is 6.98. The van der Waals surface area contributed by atoms with Crippen LogP contribution in [0, 0.1) is 0 Å². The number of aromatic nitrogens is 1. The maximum atomic E-state index is 13.5. The third-order valence-electron chi connectivity index (χ3n) is 5.70. The number of carbonyl (C=O) groups excluding carboxylic acids is 1. The maximum absolute atomic E-state index is 13.5. The first-order valence-electron chi connectivity index (χ1n) is 10.2. The predicted octanol–water partition coefficient (Wildman–Crippen LogP) is 2.24. The highest BCUT2D eigenvalue weighted by atomic mass is 16.5. The fourth-order valence-electron chi connectivity index (χ4n) is 4.26. The molecule has 0 saturated carbocycles. The molecule has 0 aliphatic carbocycles. The van der Waals surface area contributed by atoms with E-state index >= 15 is 0 Å². The van der Waals surface area contributed by atoms with Crippen molar-refractivity contribution in [2.75, 3.05) is 45.9 Å². The van der Waals surface area contributed by atoms with Crippen LogP contribution in [-0.2, 0) is 9.47 Å². The SMILES string of the molecule is CC(C)OCCN1CCN([C@@]2(C(=O)c3ccccn3)CCO[C@H](C)C2)CC1. The highest BCUT2D eigenvalue weighted by Crippen LogP contribution is 2.34. The monoisotopic (exact) mass is 375 g/mol. The quantitative estimate of drug-likeness (QED) is 0.682. The summed E-state index contributed by atoms with van der Waals surface area (Å²) < 4.78 is 11.5. The lowest BCUT2D eigenvalue weighted by Gasteiger charge is -2.49. The topological polar surface area (TPSA) is 54.9 Å². The minimum Gasteiger partial charge on any atom is -0.378 e. The van der Waals surface area contributed by atoms with Crippen LogP contribution in [0.15, 0.2) is 24.4 Å². The maximum Gasteiger partial charge on any atom is 0.201 e. The van der Waals surface area contributed by atoms with Crippen molar-refractivity contribution in [3.63, 3.8) is 0 Å². The van der Waals surface area contributed by atoms with Gasteiger partial charge in [0.05, 0.1) is 24.4 Å². The Labute approximate surface area is 162 Å². The average molecular weight is 376 g/mol. The predicted molar refractivity (Wildman–Crippen MR) is 105 cm³/mol. The van der Waals surface area contributed by atoms with Crippen LogP contribution in [0.1, 0.15) is 44.1 Å². The molecule has 0 radical (unpaired) electrons.